The van der Waals surface area contributed by atoms with E-state index < -0.39 is 12.6 Å². The van der Waals surface area contributed by atoms with Crippen LogP contribution in [0.2, 0.25) is 0 Å². The van der Waals surface area contributed by atoms with Crippen LogP contribution in [0.25, 0.3) is 0 Å². The predicted molar refractivity (Wildman–Crippen MR) is 67.4 cm³/mol. The Kier molecular flexibility index (Phi) is 5.92. The largest absolute Gasteiger partial charge is 0.390 e. The van der Waals surface area contributed by atoms with Gasteiger partial charge < -0.3 is 10.6 Å². The van der Waals surface area contributed by atoms with Gasteiger partial charge in [0.05, 0.1) is 6.42 Å². The van der Waals surface area contributed by atoms with Gasteiger partial charge in [0.15, 0.2) is 0 Å². The van der Waals surface area contributed by atoms with Crippen molar-refractivity contribution in [3.8, 4) is 0 Å². The molecule has 1 aliphatic rings. The fourth-order valence-electron chi connectivity index (χ4n) is 2.72. The van der Waals surface area contributed by atoms with Crippen LogP contribution in [0.5, 0.6) is 0 Å². The van der Waals surface area contributed by atoms with Crippen molar-refractivity contribution >= 4 is 0 Å². The highest BCUT2D eigenvalue weighted by Crippen LogP contribution is 2.38. The topological polar surface area (TPSA) is 29.3 Å². The Labute approximate surface area is 108 Å². The van der Waals surface area contributed by atoms with Crippen LogP contribution in [0.15, 0.2) is 0 Å². The number of alkyl halides is 3. The summed E-state index contributed by atoms with van der Waals surface area (Å²) in [6, 6.07) is 0. The molecule has 2 N–H and O–H groups in total. The number of nitrogens with zero attached hydrogens (tertiary/aromatic N) is 1. The van der Waals surface area contributed by atoms with Crippen molar-refractivity contribution < 1.29 is 13.2 Å². The second kappa shape index (κ2) is 6.75. The van der Waals surface area contributed by atoms with Gasteiger partial charge in [0.1, 0.15) is 0 Å². The maximum Gasteiger partial charge on any atom is 0.390 e. The molecule has 0 unspecified atom stereocenters. The summed E-state index contributed by atoms with van der Waals surface area (Å²) in [7, 11) is 1.76. The maximum atomic E-state index is 12.1. The van der Waals surface area contributed by atoms with Crippen molar-refractivity contribution in [3.05, 3.63) is 0 Å². The van der Waals surface area contributed by atoms with Gasteiger partial charge in [-0.15, -0.1) is 0 Å². The summed E-state index contributed by atoms with van der Waals surface area (Å²) in [5, 5.41) is 0. The molecule has 0 radical (unpaired) electrons. The lowest BCUT2D eigenvalue weighted by Crippen LogP contribution is -2.37. The zero-order valence-electron chi connectivity index (χ0n) is 11.2. The molecule has 0 saturated heterocycles. The minimum Gasteiger partial charge on any atom is -0.330 e. The van der Waals surface area contributed by atoms with Crippen molar-refractivity contribution in [2.24, 2.45) is 11.1 Å². The van der Waals surface area contributed by atoms with E-state index in [2.05, 4.69) is 0 Å². The van der Waals surface area contributed by atoms with Crippen LogP contribution in [-0.2, 0) is 0 Å². The average Bonchev–Trinajstić information content (AvgIpc) is 2.34. The molecule has 0 aromatic carbocycles. The molecule has 0 heterocycles. The van der Waals surface area contributed by atoms with Gasteiger partial charge in [-0.2, -0.15) is 13.2 Å². The van der Waals surface area contributed by atoms with Gasteiger partial charge in [-0.1, -0.05) is 19.3 Å². The van der Waals surface area contributed by atoms with Gasteiger partial charge in [0.25, 0.3) is 0 Å². The summed E-state index contributed by atoms with van der Waals surface area (Å²) in [6.45, 7) is 1.47. The fraction of sp³-hybridized carbons (Fsp3) is 1.00. The third kappa shape index (κ3) is 5.57. The molecule has 1 saturated carbocycles. The van der Waals surface area contributed by atoms with E-state index in [1.54, 1.807) is 11.9 Å². The molecule has 0 aromatic rings. The minimum absolute atomic E-state index is 0.0875. The molecule has 5 heteroatoms. The second-order valence-corrected chi connectivity index (χ2v) is 5.68. The smallest absolute Gasteiger partial charge is 0.330 e. The standard InChI is InChI=1S/C13H25F3N2/c1-18(10-8-13(14,15)16)9-7-12(11-17)5-3-2-4-6-12/h2-11,17H2,1H3. The third-order valence-corrected chi connectivity index (χ3v) is 4.15. The van der Waals surface area contributed by atoms with Crippen molar-refractivity contribution in [2.75, 3.05) is 26.7 Å². The lowest BCUT2D eigenvalue weighted by molar-refractivity contribution is -0.137. The Morgan fingerprint density at radius 2 is 1.72 bits per heavy atom. The Hall–Kier alpha value is -0.290. The van der Waals surface area contributed by atoms with E-state index in [9.17, 15) is 13.2 Å². The molecule has 108 valence electrons. The molecular weight excluding hydrogens is 241 g/mol. The number of hydrogen-bond acceptors (Lipinski definition) is 2. The predicted octanol–water partition coefficient (Wildman–Crippen LogP) is 3.17. The van der Waals surface area contributed by atoms with E-state index in [0.717, 1.165) is 19.3 Å². The van der Waals surface area contributed by atoms with Crippen LogP contribution >= 0.6 is 0 Å². The highest BCUT2D eigenvalue weighted by atomic mass is 19.4. The Bertz CT molecular complexity index is 235. The van der Waals surface area contributed by atoms with E-state index in [4.69, 9.17) is 5.73 Å². The zero-order chi connectivity index (χ0) is 13.6. The van der Waals surface area contributed by atoms with E-state index in [1.165, 1.54) is 19.3 Å². The van der Waals surface area contributed by atoms with Crippen molar-refractivity contribution in [2.45, 2.75) is 51.1 Å². The number of halogens is 3. The molecule has 1 fully saturated rings. The first kappa shape index (κ1) is 15.8. The Balaban J connectivity index is 2.29. The van der Waals surface area contributed by atoms with Gasteiger partial charge in [-0.3, -0.25) is 0 Å². The highest BCUT2D eigenvalue weighted by Gasteiger charge is 2.31. The molecule has 0 aromatic heterocycles. The summed E-state index contributed by atoms with van der Waals surface area (Å²) in [4.78, 5) is 1.78. The summed E-state index contributed by atoms with van der Waals surface area (Å²) >= 11 is 0. The zero-order valence-corrected chi connectivity index (χ0v) is 11.2. The van der Waals surface area contributed by atoms with Crippen LogP contribution in [0, 0.1) is 5.41 Å². The van der Waals surface area contributed by atoms with Crippen LogP contribution < -0.4 is 5.73 Å². The Morgan fingerprint density at radius 1 is 1.11 bits per heavy atom. The second-order valence-electron chi connectivity index (χ2n) is 5.68. The van der Waals surface area contributed by atoms with Gasteiger partial charge in [0, 0.05) is 6.54 Å². The van der Waals surface area contributed by atoms with Crippen molar-refractivity contribution in [3.63, 3.8) is 0 Å². The summed E-state index contributed by atoms with van der Waals surface area (Å²) in [5.41, 5.74) is 6.05. The number of hydrogen-bond donors (Lipinski definition) is 1. The first-order valence-corrected chi connectivity index (χ1v) is 6.82. The SMILES string of the molecule is CN(CCC(F)(F)F)CCC1(CN)CCCCC1. The van der Waals surface area contributed by atoms with Crippen molar-refractivity contribution in [1.29, 1.82) is 0 Å². The lowest BCUT2D eigenvalue weighted by atomic mass is 9.72. The molecule has 0 amide bonds. The monoisotopic (exact) mass is 266 g/mol. The lowest BCUT2D eigenvalue weighted by Gasteiger charge is -2.37. The molecular formula is C13H25F3N2. The van der Waals surface area contributed by atoms with Gasteiger partial charge in [-0.05, 0) is 44.8 Å². The molecule has 1 aliphatic carbocycles. The first-order chi connectivity index (χ1) is 8.37. The maximum absolute atomic E-state index is 12.1. The van der Waals surface area contributed by atoms with E-state index in [1.807, 2.05) is 0 Å². The molecule has 0 bridgehead atoms. The van der Waals surface area contributed by atoms with Crippen LogP contribution in [-0.4, -0.2) is 37.8 Å². The minimum atomic E-state index is -4.05. The van der Waals surface area contributed by atoms with Crippen LogP contribution in [0.3, 0.4) is 0 Å². The van der Waals surface area contributed by atoms with Gasteiger partial charge in [0.2, 0.25) is 0 Å². The molecule has 18 heavy (non-hydrogen) atoms. The first-order valence-electron chi connectivity index (χ1n) is 6.82. The van der Waals surface area contributed by atoms with Crippen LogP contribution in [0.1, 0.15) is 44.9 Å². The molecule has 0 aliphatic heterocycles. The molecule has 2 nitrogen and oxygen atoms in total. The average molecular weight is 266 g/mol. The summed E-state index contributed by atoms with van der Waals surface area (Å²) in [5.74, 6) is 0. The van der Waals surface area contributed by atoms with Gasteiger partial charge >= 0.3 is 6.18 Å². The quantitative estimate of drug-likeness (QED) is 0.800. The fourth-order valence-corrected chi connectivity index (χ4v) is 2.72. The molecule has 1 rings (SSSR count). The molecule has 0 spiro atoms. The van der Waals surface area contributed by atoms with Gasteiger partial charge in [-0.25, -0.2) is 0 Å². The summed E-state index contributed by atoms with van der Waals surface area (Å²) < 4.78 is 36.3. The van der Waals surface area contributed by atoms with E-state index in [-0.39, 0.29) is 12.0 Å². The van der Waals surface area contributed by atoms with E-state index in [0.29, 0.717) is 13.1 Å². The number of rotatable bonds is 6. The third-order valence-electron chi connectivity index (χ3n) is 4.15. The normalized spacial score (nSPS) is 20.3. The van der Waals surface area contributed by atoms with Crippen molar-refractivity contribution in [1.82, 2.24) is 4.90 Å². The number of nitrogens with two attached hydrogens (primary N) is 1. The summed E-state index contributed by atoms with van der Waals surface area (Å²) in [6.07, 6.45) is 2.12. The van der Waals surface area contributed by atoms with Crippen LogP contribution in [0.4, 0.5) is 13.2 Å². The Morgan fingerprint density at radius 3 is 2.22 bits per heavy atom. The van der Waals surface area contributed by atoms with E-state index >= 15 is 0 Å². The highest BCUT2D eigenvalue weighted by molar-refractivity contribution is 4.84. The molecule has 0 atom stereocenters.